The summed E-state index contributed by atoms with van der Waals surface area (Å²) in [6, 6.07) is 15.7. The molecule has 0 unspecified atom stereocenters. The topological polar surface area (TPSA) is 83.0 Å². The van der Waals surface area contributed by atoms with Gasteiger partial charge in [-0.25, -0.2) is 14.8 Å². The maximum atomic E-state index is 12.8. The summed E-state index contributed by atoms with van der Waals surface area (Å²) >= 11 is 0. The van der Waals surface area contributed by atoms with Gasteiger partial charge in [-0.1, -0.05) is 45.0 Å². The van der Waals surface area contributed by atoms with Crippen molar-refractivity contribution in [3.8, 4) is 5.69 Å². The quantitative estimate of drug-likeness (QED) is 0.494. The van der Waals surface area contributed by atoms with Crippen molar-refractivity contribution < 1.29 is 9.53 Å². The maximum Gasteiger partial charge on any atom is 0.344 e. The number of para-hydroxylation sites is 2. The Morgan fingerprint density at radius 1 is 1.07 bits per heavy atom. The number of benzene rings is 2. The van der Waals surface area contributed by atoms with E-state index in [1.807, 2.05) is 43.3 Å². The summed E-state index contributed by atoms with van der Waals surface area (Å²) in [6.07, 6.45) is 0.732. The normalized spacial score (nSPS) is 11.4. The zero-order chi connectivity index (χ0) is 20.5. The zero-order valence-electron chi connectivity index (χ0n) is 16.8. The minimum Gasteiger partial charge on any atom is -0.462 e. The van der Waals surface area contributed by atoms with Crippen molar-refractivity contribution in [2.24, 2.45) is 0 Å². The Morgan fingerprint density at radius 3 is 2.34 bits per heavy atom. The molecule has 4 aromatic rings. The van der Waals surface area contributed by atoms with Crippen LogP contribution in [0, 0.1) is 0 Å². The smallest absolute Gasteiger partial charge is 0.344 e. The second-order valence-corrected chi connectivity index (χ2v) is 7.36. The van der Waals surface area contributed by atoms with Crippen molar-refractivity contribution >= 4 is 34.0 Å². The van der Waals surface area contributed by atoms with Gasteiger partial charge in [-0.3, -0.25) is 4.57 Å². The third kappa shape index (κ3) is 3.31. The van der Waals surface area contributed by atoms with Crippen molar-refractivity contribution in [3.05, 3.63) is 59.7 Å². The van der Waals surface area contributed by atoms with E-state index in [9.17, 15) is 4.79 Å². The molecule has 0 bridgehead atoms. The number of anilines is 1. The molecule has 6 nitrogen and oxygen atoms in total. The molecular weight excluding hydrogens is 364 g/mol. The Balaban J connectivity index is 1.98. The number of aromatic nitrogens is 3. The van der Waals surface area contributed by atoms with Gasteiger partial charge in [0.25, 0.3) is 0 Å². The van der Waals surface area contributed by atoms with Crippen molar-refractivity contribution in [1.29, 1.82) is 0 Å². The van der Waals surface area contributed by atoms with Crippen LogP contribution in [0.4, 0.5) is 5.82 Å². The van der Waals surface area contributed by atoms with Crippen LogP contribution in [-0.2, 0) is 4.74 Å². The molecule has 0 atom stereocenters. The number of hydrogen-bond acceptors (Lipinski definition) is 5. The van der Waals surface area contributed by atoms with Gasteiger partial charge in [0.1, 0.15) is 16.9 Å². The number of esters is 1. The predicted molar refractivity (Wildman–Crippen MR) is 115 cm³/mol. The summed E-state index contributed by atoms with van der Waals surface area (Å²) in [5, 5.41) is 0. The molecule has 0 amide bonds. The Labute approximate surface area is 169 Å². The fourth-order valence-corrected chi connectivity index (χ4v) is 3.40. The number of ether oxygens (including phenoxy) is 1. The van der Waals surface area contributed by atoms with Crippen LogP contribution in [0.15, 0.2) is 48.5 Å². The van der Waals surface area contributed by atoms with Gasteiger partial charge in [0.05, 0.1) is 17.6 Å². The van der Waals surface area contributed by atoms with Gasteiger partial charge in [0.15, 0.2) is 5.65 Å². The van der Waals surface area contributed by atoms with E-state index in [1.54, 1.807) is 4.57 Å². The molecule has 0 saturated carbocycles. The molecule has 2 aromatic heterocycles. The van der Waals surface area contributed by atoms with Crippen molar-refractivity contribution in [3.63, 3.8) is 0 Å². The average molecular weight is 388 g/mol. The van der Waals surface area contributed by atoms with Crippen LogP contribution in [0.25, 0.3) is 27.9 Å². The number of hydrogen-bond donors (Lipinski definition) is 1. The monoisotopic (exact) mass is 388 g/mol. The molecule has 29 heavy (non-hydrogen) atoms. The first-order chi connectivity index (χ1) is 14.0. The number of nitrogens with two attached hydrogens (primary N) is 1. The predicted octanol–water partition coefficient (Wildman–Crippen LogP) is 4.85. The minimum atomic E-state index is -0.475. The van der Waals surface area contributed by atoms with Crippen molar-refractivity contribution in [2.45, 2.75) is 33.1 Å². The van der Waals surface area contributed by atoms with Crippen LogP contribution in [0.5, 0.6) is 0 Å². The van der Waals surface area contributed by atoms with Crippen LogP contribution in [-0.4, -0.2) is 27.1 Å². The van der Waals surface area contributed by atoms with Crippen molar-refractivity contribution in [2.75, 3.05) is 12.3 Å². The summed E-state index contributed by atoms with van der Waals surface area (Å²) in [4.78, 5) is 22.2. The lowest BCUT2D eigenvalue weighted by Crippen LogP contribution is -2.10. The molecule has 0 radical (unpaired) electrons. The van der Waals surface area contributed by atoms with E-state index >= 15 is 0 Å². The third-order valence-electron chi connectivity index (χ3n) is 4.96. The van der Waals surface area contributed by atoms with E-state index < -0.39 is 5.97 Å². The Bertz CT molecular complexity index is 1190. The summed E-state index contributed by atoms with van der Waals surface area (Å²) in [7, 11) is 0. The molecule has 0 aliphatic rings. The SMILES string of the molecule is CCCOC(=O)c1c(N)n(-c2ccc(C(C)C)cc2)c2nc3ccccc3nc12. The maximum absolute atomic E-state index is 12.8. The van der Waals surface area contributed by atoms with Gasteiger partial charge >= 0.3 is 5.97 Å². The second kappa shape index (κ2) is 7.54. The molecule has 6 heteroatoms. The second-order valence-electron chi connectivity index (χ2n) is 7.36. The Kier molecular flexibility index (Phi) is 4.92. The highest BCUT2D eigenvalue weighted by Gasteiger charge is 2.25. The number of carbonyl (C=O) groups excluding carboxylic acids is 1. The van der Waals surface area contributed by atoms with Gasteiger partial charge in [0.2, 0.25) is 0 Å². The van der Waals surface area contributed by atoms with Gasteiger partial charge in [-0.05, 0) is 42.2 Å². The van der Waals surface area contributed by atoms with Crippen LogP contribution in [0.3, 0.4) is 0 Å². The lowest BCUT2D eigenvalue weighted by Gasteiger charge is -2.10. The third-order valence-corrected chi connectivity index (χ3v) is 4.96. The molecule has 0 aliphatic carbocycles. The van der Waals surface area contributed by atoms with Gasteiger partial charge in [-0.15, -0.1) is 0 Å². The molecule has 0 fully saturated rings. The molecule has 2 heterocycles. The number of rotatable bonds is 5. The minimum absolute atomic E-state index is 0.264. The van der Waals surface area contributed by atoms with Gasteiger partial charge < -0.3 is 10.5 Å². The zero-order valence-corrected chi connectivity index (χ0v) is 16.8. The summed E-state index contributed by atoms with van der Waals surface area (Å²) in [5.41, 5.74) is 11.2. The molecule has 148 valence electrons. The van der Waals surface area contributed by atoms with E-state index in [1.165, 1.54) is 5.56 Å². The summed E-state index contributed by atoms with van der Waals surface area (Å²) in [5.74, 6) is 0.233. The van der Waals surface area contributed by atoms with E-state index in [0.29, 0.717) is 29.2 Å². The Morgan fingerprint density at radius 2 is 1.72 bits per heavy atom. The van der Waals surface area contributed by atoms with Gasteiger partial charge in [0, 0.05) is 5.69 Å². The van der Waals surface area contributed by atoms with Crippen LogP contribution in [0.2, 0.25) is 0 Å². The average Bonchev–Trinajstić information content (AvgIpc) is 3.01. The molecule has 0 aliphatic heterocycles. The lowest BCUT2D eigenvalue weighted by molar-refractivity contribution is 0.0508. The fourth-order valence-electron chi connectivity index (χ4n) is 3.40. The first kappa shape index (κ1) is 18.9. The molecule has 4 rings (SSSR count). The molecule has 2 N–H and O–H groups in total. The molecular formula is C23H24N4O2. The Hall–Kier alpha value is -3.41. The largest absolute Gasteiger partial charge is 0.462 e. The van der Waals surface area contributed by atoms with Crippen molar-refractivity contribution in [1.82, 2.24) is 14.5 Å². The van der Waals surface area contributed by atoms with Crippen LogP contribution < -0.4 is 5.73 Å². The molecule has 2 aromatic carbocycles. The first-order valence-corrected chi connectivity index (χ1v) is 9.85. The highest BCUT2D eigenvalue weighted by Crippen LogP contribution is 2.32. The van der Waals surface area contributed by atoms with Crippen LogP contribution in [0.1, 0.15) is 49.0 Å². The lowest BCUT2D eigenvalue weighted by atomic mass is 10.0. The van der Waals surface area contributed by atoms with Crippen LogP contribution >= 0.6 is 0 Å². The number of nitrogen functional groups attached to an aromatic ring is 1. The van der Waals surface area contributed by atoms with Gasteiger partial charge in [-0.2, -0.15) is 0 Å². The molecule has 0 spiro atoms. The summed E-state index contributed by atoms with van der Waals surface area (Å²) < 4.78 is 7.16. The first-order valence-electron chi connectivity index (χ1n) is 9.85. The highest BCUT2D eigenvalue weighted by atomic mass is 16.5. The van der Waals surface area contributed by atoms with E-state index in [-0.39, 0.29) is 11.4 Å². The van der Waals surface area contributed by atoms with E-state index in [4.69, 9.17) is 20.4 Å². The number of nitrogens with zero attached hydrogens (tertiary/aromatic N) is 3. The number of carbonyl (C=O) groups is 1. The molecule has 0 saturated heterocycles. The number of fused-ring (bicyclic) bond motifs is 2. The summed E-state index contributed by atoms with van der Waals surface area (Å²) in [6.45, 7) is 6.57. The fraction of sp³-hybridized carbons (Fsp3) is 0.261. The highest BCUT2D eigenvalue weighted by molar-refractivity contribution is 6.09. The standard InChI is InChI=1S/C23H24N4O2/c1-4-13-29-23(28)19-20-22(26-18-8-6-5-7-17(18)25-20)27(21(19)24)16-11-9-15(10-12-16)14(2)3/h5-12,14H,4,13,24H2,1-3H3. The van der Waals surface area contributed by atoms with E-state index in [2.05, 4.69) is 26.0 Å². The van der Waals surface area contributed by atoms with E-state index in [0.717, 1.165) is 17.6 Å².